The summed E-state index contributed by atoms with van der Waals surface area (Å²) in [6, 6.07) is 18.1. The van der Waals surface area contributed by atoms with Crippen LogP contribution in [0.1, 0.15) is 5.56 Å². The zero-order chi connectivity index (χ0) is 17.1. The summed E-state index contributed by atoms with van der Waals surface area (Å²) in [6.07, 6.45) is 1.49. The molecule has 2 heterocycles. The third kappa shape index (κ3) is 3.36. The first kappa shape index (κ1) is 15.3. The number of nitrogens with two attached hydrogens (primary N) is 1. The van der Waals surface area contributed by atoms with Crippen LogP contribution in [-0.4, -0.2) is 15.0 Å². The molecule has 0 aliphatic rings. The summed E-state index contributed by atoms with van der Waals surface area (Å²) in [5.41, 5.74) is 8.79. The Morgan fingerprint density at radius 2 is 1.68 bits per heavy atom. The number of nitrogens with zero attached hydrogens (tertiary/aromatic N) is 3. The number of hydrogen-bond donors (Lipinski definition) is 3. The van der Waals surface area contributed by atoms with Crippen LogP contribution in [0.2, 0.25) is 0 Å². The van der Waals surface area contributed by atoms with Gasteiger partial charge in [-0.15, -0.1) is 0 Å². The maximum Gasteiger partial charge on any atom is 0.189 e. The molecule has 0 saturated carbocycles. The highest BCUT2D eigenvalue weighted by Crippen LogP contribution is 2.31. The van der Waals surface area contributed by atoms with E-state index in [1.165, 1.54) is 6.33 Å². The van der Waals surface area contributed by atoms with Crippen LogP contribution < -0.4 is 16.4 Å². The molecule has 4 N–H and O–H groups in total. The van der Waals surface area contributed by atoms with Crippen molar-refractivity contribution in [2.45, 2.75) is 6.54 Å². The monoisotopic (exact) mass is 348 g/mol. The van der Waals surface area contributed by atoms with Crippen LogP contribution in [0.5, 0.6) is 0 Å². The van der Waals surface area contributed by atoms with Gasteiger partial charge in [0.2, 0.25) is 0 Å². The number of thiazole rings is 1. The summed E-state index contributed by atoms with van der Waals surface area (Å²) in [4.78, 5) is 13.0. The number of para-hydroxylation sites is 1. The second kappa shape index (κ2) is 6.74. The molecule has 6 nitrogen and oxygen atoms in total. The van der Waals surface area contributed by atoms with Crippen molar-refractivity contribution in [2.75, 3.05) is 16.4 Å². The summed E-state index contributed by atoms with van der Waals surface area (Å²) < 4.78 is 1.11. The van der Waals surface area contributed by atoms with E-state index in [4.69, 9.17) is 5.73 Å². The first-order valence-corrected chi connectivity index (χ1v) is 8.62. The lowest BCUT2D eigenvalue weighted by molar-refractivity contribution is 1.09. The SMILES string of the molecule is Nc1c(NCc2ccccc2)ncnc1Nc1nc2ccccc2s1. The third-order valence-corrected chi connectivity index (χ3v) is 4.66. The van der Waals surface area contributed by atoms with E-state index in [-0.39, 0.29) is 0 Å². The van der Waals surface area contributed by atoms with Crippen LogP contribution >= 0.6 is 11.3 Å². The Bertz CT molecular complexity index is 966. The molecule has 4 aromatic rings. The van der Waals surface area contributed by atoms with Crippen LogP contribution in [-0.2, 0) is 6.54 Å². The van der Waals surface area contributed by atoms with E-state index in [0.29, 0.717) is 23.9 Å². The molecule has 0 saturated heterocycles. The zero-order valence-electron chi connectivity index (χ0n) is 13.3. The Hall–Kier alpha value is -3.19. The van der Waals surface area contributed by atoms with Crippen molar-refractivity contribution < 1.29 is 0 Å². The fraction of sp³-hybridized carbons (Fsp3) is 0.0556. The zero-order valence-corrected chi connectivity index (χ0v) is 14.1. The van der Waals surface area contributed by atoms with Crippen LogP contribution in [0.25, 0.3) is 10.2 Å². The van der Waals surface area contributed by atoms with Gasteiger partial charge in [-0.1, -0.05) is 53.8 Å². The van der Waals surface area contributed by atoms with E-state index in [2.05, 4.69) is 25.6 Å². The van der Waals surface area contributed by atoms with E-state index in [1.54, 1.807) is 11.3 Å². The van der Waals surface area contributed by atoms with Gasteiger partial charge in [-0.3, -0.25) is 0 Å². The molecular formula is C18H16N6S. The molecule has 7 heteroatoms. The minimum absolute atomic E-state index is 0.470. The van der Waals surface area contributed by atoms with E-state index in [1.807, 2.05) is 54.6 Å². The van der Waals surface area contributed by atoms with Crippen molar-refractivity contribution in [2.24, 2.45) is 0 Å². The van der Waals surface area contributed by atoms with Gasteiger partial charge in [0.15, 0.2) is 16.8 Å². The first-order chi connectivity index (χ1) is 12.3. The molecule has 0 spiro atoms. The van der Waals surface area contributed by atoms with E-state index in [9.17, 15) is 0 Å². The molecule has 124 valence electrons. The highest BCUT2D eigenvalue weighted by molar-refractivity contribution is 7.22. The van der Waals surface area contributed by atoms with Crippen molar-refractivity contribution >= 4 is 44.0 Å². The maximum atomic E-state index is 6.22. The summed E-state index contributed by atoms with van der Waals surface area (Å²) in [6.45, 7) is 0.641. The number of fused-ring (bicyclic) bond motifs is 1. The molecule has 0 radical (unpaired) electrons. The number of anilines is 4. The van der Waals surface area contributed by atoms with Gasteiger partial charge in [-0.25, -0.2) is 15.0 Å². The van der Waals surface area contributed by atoms with E-state index >= 15 is 0 Å². The number of aromatic nitrogens is 3. The van der Waals surface area contributed by atoms with Gasteiger partial charge in [0.05, 0.1) is 10.2 Å². The average molecular weight is 348 g/mol. The second-order valence-corrected chi connectivity index (χ2v) is 6.47. The molecule has 0 aliphatic heterocycles. The van der Waals surface area contributed by atoms with Crippen molar-refractivity contribution in [1.82, 2.24) is 15.0 Å². The Morgan fingerprint density at radius 3 is 2.52 bits per heavy atom. The smallest absolute Gasteiger partial charge is 0.189 e. The number of nitrogen functional groups attached to an aromatic ring is 1. The maximum absolute atomic E-state index is 6.22. The fourth-order valence-electron chi connectivity index (χ4n) is 2.44. The Morgan fingerprint density at radius 1 is 0.920 bits per heavy atom. The number of benzene rings is 2. The van der Waals surface area contributed by atoms with E-state index in [0.717, 1.165) is 20.9 Å². The molecule has 0 aliphatic carbocycles. The van der Waals surface area contributed by atoms with Crippen molar-refractivity contribution in [3.05, 3.63) is 66.5 Å². The third-order valence-electron chi connectivity index (χ3n) is 3.71. The minimum Gasteiger partial charge on any atom is -0.393 e. The number of rotatable bonds is 5. The summed E-state index contributed by atoms with van der Waals surface area (Å²) in [7, 11) is 0. The van der Waals surface area contributed by atoms with Gasteiger partial charge in [-0.2, -0.15) is 0 Å². The van der Waals surface area contributed by atoms with Gasteiger partial charge >= 0.3 is 0 Å². The molecule has 0 bridgehead atoms. The van der Waals surface area contributed by atoms with E-state index < -0.39 is 0 Å². The highest BCUT2D eigenvalue weighted by atomic mass is 32.1. The van der Waals surface area contributed by atoms with Crippen LogP contribution in [0.15, 0.2) is 60.9 Å². The second-order valence-electron chi connectivity index (χ2n) is 5.44. The fourth-order valence-corrected chi connectivity index (χ4v) is 3.31. The van der Waals surface area contributed by atoms with Crippen LogP contribution in [0.3, 0.4) is 0 Å². The van der Waals surface area contributed by atoms with Crippen molar-refractivity contribution in [3.8, 4) is 0 Å². The predicted molar refractivity (Wildman–Crippen MR) is 103 cm³/mol. The largest absolute Gasteiger partial charge is 0.393 e. The summed E-state index contributed by atoms with van der Waals surface area (Å²) in [5.74, 6) is 1.15. The molecule has 4 rings (SSSR count). The standard InChI is InChI=1S/C18H16N6S/c19-15-16(20-10-12-6-2-1-3-7-12)21-11-22-17(15)24-18-23-13-8-4-5-9-14(13)25-18/h1-9,11H,10,19H2,(H2,20,21,22,23,24). The van der Waals surface area contributed by atoms with Crippen molar-refractivity contribution in [3.63, 3.8) is 0 Å². The van der Waals surface area contributed by atoms with Gasteiger partial charge < -0.3 is 16.4 Å². The summed E-state index contributed by atoms with van der Waals surface area (Å²) >= 11 is 1.56. The molecule has 2 aromatic heterocycles. The minimum atomic E-state index is 0.470. The topological polar surface area (TPSA) is 88.8 Å². The van der Waals surface area contributed by atoms with Crippen molar-refractivity contribution in [1.29, 1.82) is 0 Å². The Labute approximate surface area is 148 Å². The lowest BCUT2D eigenvalue weighted by Crippen LogP contribution is -2.08. The number of nitrogens with one attached hydrogen (secondary N) is 2. The van der Waals surface area contributed by atoms with Crippen LogP contribution in [0.4, 0.5) is 22.5 Å². The molecule has 0 unspecified atom stereocenters. The van der Waals surface area contributed by atoms with Gasteiger partial charge in [-0.05, 0) is 17.7 Å². The molecule has 25 heavy (non-hydrogen) atoms. The van der Waals surface area contributed by atoms with Gasteiger partial charge in [0, 0.05) is 6.54 Å². The predicted octanol–water partition coefficient (Wildman–Crippen LogP) is 4.02. The van der Waals surface area contributed by atoms with Gasteiger partial charge in [0.1, 0.15) is 12.0 Å². The molecule has 0 fully saturated rings. The normalized spacial score (nSPS) is 10.7. The molecule has 0 atom stereocenters. The number of hydrogen-bond acceptors (Lipinski definition) is 7. The molecule has 2 aromatic carbocycles. The van der Waals surface area contributed by atoms with Gasteiger partial charge in [0.25, 0.3) is 0 Å². The lowest BCUT2D eigenvalue weighted by atomic mass is 10.2. The summed E-state index contributed by atoms with van der Waals surface area (Å²) in [5, 5.41) is 7.19. The van der Waals surface area contributed by atoms with Crippen LogP contribution in [0, 0.1) is 0 Å². The highest BCUT2D eigenvalue weighted by Gasteiger charge is 2.10. The molecular weight excluding hydrogens is 332 g/mol. The lowest BCUT2D eigenvalue weighted by Gasteiger charge is -2.11. The Balaban J connectivity index is 1.54. The first-order valence-electron chi connectivity index (χ1n) is 7.80. The quantitative estimate of drug-likeness (QED) is 0.505. The average Bonchev–Trinajstić information content (AvgIpc) is 3.06. The molecule has 0 amide bonds. The Kier molecular flexibility index (Phi) is 4.14.